The minimum atomic E-state index is 0.0518. The van der Waals surface area contributed by atoms with E-state index in [0.29, 0.717) is 0 Å². The molecular formula is C16H16N4. The van der Waals surface area contributed by atoms with Gasteiger partial charge >= 0.3 is 0 Å². The van der Waals surface area contributed by atoms with Crippen molar-refractivity contribution in [2.75, 3.05) is 6.54 Å². The molecule has 3 rings (SSSR count). The first kappa shape index (κ1) is 12.7. The molecule has 100 valence electrons. The lowest BCUT2D eigenvalue weighted by atomic mass is 9.98. The van der Waals surface area contributed by atoms with Crippen LogP contribution in [-0.2, 0) is 0 Å². The molecule has 0 amide bonds. The average molecular weight is 264 g/mol. The molecule has 0 radical (unpaired) electrons. The zero-order valence-corrected chi connectivity index (χ0v) is 11.3. The van der Waals surface area contributed by atoms with Gasteiger partial charge in [-0.05, 0) is 29.6 Å². The molecule has 1 atom stereocenters. The lowest BCUT2D eigenvalue weighted by Gasteiger charge is -2.19. The van der Waals surface area contributed by atoms with Gasteiger partial charge in [-0.15, -0.1) is 0 Å². The van der Waals surface area contributed by atoms with E-state index in [0.717, 1.165) is 17.6 Å². The van der Waals surface area contributed by atoms with Crippen molar-refractivity contribution in [3.63, 3.8) is 0 Å². The molecule has 0 saturated carbocycles. The summed E-state index contributed by atoms with van der Waals surface area (Å²) in [4.78, 5) is 12.6. The molecule has 3 aromatic rings. The third-order valence-corrected chi connectivity index (χ3v) is 3.34. The SMILES string of the molecule is CCNC(c1ccncn1)c1cccc2ccncc12. The van der Waals surface area contributed by atoms with E-state index < -0.39 is 0 Å². The highest BCUT2D eigenvalue weighted by molar-refractivity contribution is 5.85. The standard InChI is InChI=1S/C16H16N4/c1-2-19-16(15-7-9-18-11-20-15)13-5-3-4-12-6-8-17-10-14(12)13/h3-11,16,19H,2H2,1H3. The molecule has 0 aliphatic rings. The number of rotatable bonds is 4. The number of benzene rings is 1. The molecule has 0 bridgehead atoms. The maximum atomic E-state index is 4.39. The lowest BCUT2D eigenvalue weighted by molar-refractivity contribution is 0.617. The first-order chi connectivity index (χ1) is 9.90. The number of pyridine rings is 1. The molecule has 4 heteroatoms. The first-order valence-corrected chi connectivity index (χ1v) is 6.72. The smallest absolute Gasteiger partial charge is 0.115 e. The van der Waals surface area contributed by atoms with Crippen molar-refractivity contribution in [1.29, 1.82) is 0 Å². The van der Waals surface area contributed by atoms with E-state index in [4.69, 9.17) is 0 Å². The predicted molar refractivity (Wildman–Crippen MR) is 79.3 cm³/mol. The van der Waals surface area contributed by atoms with Gasteiger partial charge in [0, 0.05) is 24.0 Å². The van der Waals surface area contributed by atoms with Crippen molar-refractivity contribution in [1.82, 2.24) is 20.3 Å². The summed E-state index contributed by atoms with van der Waals surface area (Å²) in [5, 5.41) is 5.83. The quantitative estimate of drug-likeness (QED) is 0.787. The fraction of sp³-hybridized carbons (Fsp3) is 0.188. The molecule has 2 heterocycles. The van der Waals surface area contributed by atoms with Crippen LogP contribution < -0.4 is 5.32 Å². The molecular weight excluding hydrogens is 248 g/mol. The monoisotopic (exact) mass is 264 g/mol. The van der Waals surface area contributed by atoms with E-state index >= 15 is 0 Å². The number of hydrogen-bond donors (Lipinski definition) is 1. The maximum Gasteiger partial charge on any atom is 0.115 e. The van der Waals surface area contributed by atoms with E-state index in [2.05, 4.69) is 45.4 Å². The van der Waals surface area contributed by atoms with E-state index in [1.165, 1.54) is 10.9 Å². The molecule has 20 heavy (non-hydrogen) atoms. The van der Waals surface area contributed by atoms with E-state index in [1.54, 1.807) is 12.5 Å². The second-order valence-corrected chi connectivity index (χ2v) is 4.57. The Morgan fingerprint density at radius 1 is 1.10 bits per heavy atom. The van der Waals surface area contributed by atoms with Crippen molar-refractivity contribution in [3.8, 4) is 0 Å². The summed E-state index contributed by atoms with van der Waals surface area (Å²) in [5.41, 5.74) is 2.16. The molecule has 0 spiro atoms. The summed E-state index contributed by atoms with van der Waals surface area (Å²) in [6, 6.07) is 10.3. The second kappa shape index (κ2) is 5.75. The Bertz CT molecular complexity index is 692. The van der Waals surface area contributed by atoms with Gasteiger partial charge in [0.2, 0.25) is 0 Å². The highest BCUT2D eigenvalue weighted by Gasteiger charge is 2.16. The molecule has 0 saturated heterocycles. The number of aromatic nitrogens is 3. The second-order valence-electron chi connectivity index (χ2n) is 4.57. The van der Waals surface area contributed by atoms with Crippen LogP contribution in [0.25, 0.3) is 10.8 Å². The Balaban J connectivity index is 2.15. The zero-order valence-electron chi connectivity index (χ0n) is 11.3. The van der Waals surface area contributed by atoms with Gasteiger partial charge in [0.05, 0.1) is 11.7 Å². The number of fused-ring (bicyclic) bond motifs is 1. The first-order valence-electron chi connectivity index (χ1n) is 6.72. The minimum Gasteiger partial charge on any atom is -0.305 e. The van der Waals surface area contributed by atoms with Crippen LogP contribution in [0.5, 0.6) is 0 Å². The molecule has 0 aliphatic heterocycles. The Hall–Kier alpha value is -2.33. The van der Waals surface area contributed by atoms with Crippen molar-refractivity contribution in [2.24, 2.45) is 0 Å². The highest BCUT2D eigenvalue weighted by atomic mass is 14.9. The summed E-state index contributed by atoms with van der Waals surface area (Å²) < 4.78 is 0. The van der Waals surface area contributed by atoms with Gasteiger partial charge in [-0.3, -0.25) is 4.98 Å². The normalized spacial score (nSPS) is 12.4. The molecule has 0 aliphatic carbocycles. The Morgan fingerprint density at radius 3 is 2.80 bits per heavy atom. The van der Waals surface area contributed by atoms with E-state index in [9.17, 15) is 0 Å². The Kier molecular flexibility index (Phi) is 3.65. The topological polar surface area (TPSA) is 50.7 Å². The summed E-state index contributed by atoms with van der Waals surface area (Å²) in [5.74, 6) is 0. The van der Waals surface area contributed by atoms with Gasteiger partial charge in [0.25, 0.3) is 0 Å². The fourth-order valence-electron chi connectivity index (χ4n) is 2.44. The van der Waals surface area contributed by atoms with Gasteiger partial charge in [-0.2, -0.15) is 0 Å². The molecule has 4 nitrogen and oxygen atoms in total. The molecule has 1 aromatic carbocycles. The largest absolute Gasteiger partial charge is 0.305 e. The van der Waals surface area contributed by atoms with E-state index in [1.807, 2.05) is 24.5 Å². The van der Waals surface area contributed by atoms with Gasteiger partial charge in [-0.1, -0.05) is 25.1 Å². The summed E-state index contributed by atoms with van der Waals surface area (Å²) in [6.45, 7) is 2.96. The van der Waals surface area contributed by atoms with E-state index in [-0.39, 0.29) is 6.04 Å². The predicted octanol–water partition coefficient (Wildman–Crippen LogP) is 2.72. The fourth-order valence-corrected chi connectivity index (χ4v) is 2.44. The average Bonchev–Trinajstić information content (AvgIpc) is 2.53. The van der Waals surface area contributed by atoms with Gasteiger partial charge in [-0.25, -0.2) is 9.97 Å². The van der Waals surface area contributed by atoms with Crippen LogP contribution >= 0.6 is 0 Å². The number of nitrogens with zero attached hydrogens (tertiary/aromatic N) is 3. The van der Waals surface area contributed by atoms with Gasteiger partial charge in [0.15, 0.2) is 0 Å². The van der Waals surface area contributed by atoms with Crippen molar-refractivity contribution in [3.05, 3.63) is 66.5 Å². The molecule has 0 fully saturated rings. The molecule has 1 N–H and O–H groups in total. The van der Waals surface area contributed by atoms with Crippen LogP contribution in [0.2, 0.25) is 0 Å². The summed E-state index contributed by atoms with van der Waals surface area (Å²) in [6.07, 6.45) is 7.09. The van der Waals surface area contributed by atoms with Crippen LogP contribution in [0.3, 0.4) is 0 Å². The van der Waals surface area contributed by atoms with Crippen LogP contribution in [-0.4, -0.2) is 21.5 Å². The van der Waals surface area contributed by atoms with Crippen LogP contribution in [0.15, 0.2) is 55.2 Å². The lowest BCUT2D eigenvalue weighted by Crippen LogP contribution is -2.23. The highest BCUT2D eigenvalue weighted by Crippen LogP contribution is 2.27. The van der Waals surface area contributed by atoms with Crippen molar-refractivity contribution >= 4 is 10.8 Å². The third kappa shape index (κ3) is 2.38. The minimum absolute atomic E-state index is 0.0518. The van der Waals surface area contributed by atoms with Crippen LogP contribution in [0.1, 0.15) is 24.2 Å². The zero-order chi connectivity index (χ0) is 13.8. The summed E-state index contributed by atoms with van der Waals surface area (Å²) >= 11 is 0. The molecule has 1 unspecified atom stereocenters. The third-order valence-electron chi connectivity index (χ3n) is 3.34. The van der Waals surface area contributed by atoms with Crippen LogP contribution in [0.4, 0.5) is 0 Å². The van der Waals surface area contributed by atoms with Crippen molar-refractivity contribution in [2.45, 2.75) is 13.0 Å². The van der Waals surface area contributed by atoms with Gasteiger partial charge < -0.3 is 5.32 Å². The number of nitrogens with one attached hydrogen (secondary N) is 1. The maximum absolute atomic E-state index is 4.39. The van der Waals surface area contributed by atoms with Crippen LogP contribution in [0, 0.1) is 0 Å². The number of hydrogen-bond acceptors (Lipinski definition) is 4. The Labute approximate surface area is 117 Å². The Morgan fingerprint density at radius 2 is 2.00 bits per heavy atom. The molecule has 2 aromatic heterocycles. The van der Waals surface area contributed by atoms with Gasteiger partial charge in [0.1, 0.15) is 6.33 Å². The summed E-state index contributed by atoms with van der Waals surface area (Å²) in [7, 11) is 0. The van der Waals surface area contributed by atoms with Crippen molar-refractivity contribution < 1.29 is 0 Å².